The number of benzene rings is 2. The summed E-state index contributed by atoms with van der Waals surface area (Å²) in [6.07, 6.45) is 0.608. The molecule has 0 saturated carbocycles. The predicted molar refractivity (Wildman–Crippen MR) is 102 cm³/mol. The highest BCUT2D eigenvalue weighted by molar-refractivity contribution is 5.97. The summed E-state index contributed by atoms with van der Waals surface area (Å²) in [5, 5.41) is 15.2. The fraction of sp³-hybridized carbons (Fsp3) is 0.333. The molecule has 0 heterocycles. The summed E-state index contributed by atoms with van der Waals surface area (Å²) in [5.74, 6) is -0.295. The molecule has 2 aromatic rings. The number of rotatable bonds is 7. The number of aromatic hydroxyl groups is 1. The molecular formula is C21H26N2O3. The molecule has 0 fully saturated rings. The lowest BCUT2D eigenvalue weighted by atomic mass is 10.0. The first-order chi connectivity index (χ1) is 12.4. The van der Waals surface area contributed by atoms with Crippen LogP contribution < -0.4 is 10.6 Å². The predicted octanol–water partition coefficient (Wildman–Crippen LogP) is 2.81. The van der Waals surface area contributed by atoms with Crippen LogP contribution in [0.1, 0.15) is 35.3 Å². The van der Waals surface area contributed by atoms with Crippen LogP contribution in [0.15, 0.2) is 48.5 Å². The zero-order valence-corrected chi connectivity index (χ0v) is 15.5. The minimum atomic E-state index is -0.604. The Morgan fingerprint density at radius 3 is 2.38 bits per heavy atom. The third-order valence-electron chi connectivity index (χ3n) is 4.17. The monoisotopic (exact) mass is 354 g/mol. The maximum Gasteiger partial charge on any atom is 0.251 e. The molecule has 1 atom stereocenters. The van der Waals surface area contributed by atoms with Gasteiger partial charge in [0.05, 0.1) is 0 Å². The van der Waals surface area contributed by atoms with Gasteiger partial charge in [0.1, 0.15) is 11.8 Å². The van der Waals surface area contributed by atoms with E-state index in [2.05, 4.69) is 10.6 Å². The zero-order chi connectivity index (χ0) is 19.1. The lowest BCUT2D eigenvalue weighted by Gasteiger charge is -2.22. The van der Waals surface area contributed by atoms with Gasteiger partial charge < -0.3 is 15.7 Å². The molecule has 0 aliphatic heterocycles. The van der Waals surface area contributed by atoms with Crippen molar-refractivity contribution in [2.45, 2.75) is 33.2 Å². The number of aryl methyl sites for hydroxylation is 1. The van der Waals surface area contributed by atoms with Gasteiger partial charge in [-0.3, -0.25) is 9.59 Å². The van der Waals surface area contributed by atoms with Crippen molar-refractivity contribution < 1.29 is 14.7 Å². The van der Waals surface area contributed by atoms with Crippen molar-refractivity contribution in [3.63, 3.8) is 0 Å². The Bertz CT molecular complexity index is 754. The fourth-order valence-electron chi connectivity index (χ4n) is 2.62. The van der Waals surface area contributed by atoms with Crippen LogP contribution in [0, 0.1) is 12.8 Å². The molecule has 26 heavy (non-hydrogen) atoms. The number of hydrogen-bond acceptors (Lipinski definition) is 3. The molecule has 0 spiro atoms. The average molecular weight is 354 g/mol. The van der Waals surface area contributed by atoms with Crippen LogP contribution in [-0.4, -0.2) is 29.5 Å². The van der Waals surface area contributed by atoms with Gasteiger partial charge in [0, 0.05) is 12.1 Å². The second kappa shape index (κ2) is 9.04. The zero-order valence-electron chi connectivity index (χ0n) is 15.5. The van der Waals surface area contributed by atoms with Crippen molar-refractivity contribution in [1.82, 2.24) is 10.6 Å². The van der Waals surface area contributed by atoms with E-state index < -0.39 is 6.04 Å². The van der Waals surface area contributed by atoms with E-state index >= 15 is 0 Å². The number of amides is 2. The van der Waals surface area contributed by atoms with Crippen LogP contribution in [0.3, 0.4) is 0 Å². The summed E-state index contributed by atoms with van der Waals surface area (Å²) < 4.78 is 0. The molecule has 2 amide bonds. The Balaban J connectivity index is 1.92. The lowest BCUT2D eigenvalue weighted by Crippen LogP contribution is -2.50. The standard InChI is InChI=1S/C21H26N2O3/c1-14(2)19(23-20(25)17-9-7-15(3)8-10-17)21(26)22-12-11-16-5-4-6-18(24)13-16/h4-10,13-14,19,24H,11-12H2,1-3H3,(H,22,26)(H,23,25). The molecular weight excluding hydrogens is 328 g/mol. The van der Waals surface area contributed by atoms with Crippen LogP contribution in [-0.2, 0) is 11.2 Å². The third kappa shape index (κ3) is 5.62. The van der Waals surface area contributed by atoms with E-state index in [1.165, 1.54) is 0 Å². The summed E-state index contributed by atoms with van der Waals surface area (Å²) in [5.41, 5.74) is 2.55. The normalized spacial score (nSPS) is 11.8. The first-order valence-electron chi connectivity index (χ1n) is 8.80. The van der Waals surface area contributed by atoms with Crippen molar-refractivity contribution >= 4 is 11.8 Å². The molecule has 0 aliphatic carbocycles. The molecule has 0 radical (unpaired) electrons. The molecule has 0 bridgehead atoms. The summed E-state index contributed by atoms with van der Waals surface area (Å²) in [6, 6.07) is 13.6. The van der Waals surface area contributed by atoms with E-state index in [1.807, 2.05) is 39.0 Å². The van der Waals surface area contributed by atoms with Gasteiger partial charge in [-0.2, -0.15) is 0 Å². The largest absolute Gasteiger partial charge is 0.508 e. The Hall–Kier alpha value is -2.82. The smallest absolute Gasteiger partial charge is 0.251 e. The van der Waals surface area contributed by atoms with E-state index in [1.54, 1.807) is 30.3 Å². The molecule has 5 nitrogen and oxygen atoms in total. The Kier molecular flexibility index (Phi) is 6.78. The van der Waals surface area contributed by atoms with Crippen molar-refractivity contribution in [3.05, 3.63) is 65.2 Å². The topological polar surface area (TPSA) is 78.4 Å². The van der Waals surface area contributed by atoms with Crippen molar-refractivity contribution in [2.24, 2.45) is 5.92 Å². The number of hydrogen-bond donors (Lipinski definition) is 3. The number of phenols is 1. The van der Waals surface area contributed by atoms with Crippen LogP contribution in [0.2, 0.25) is 0 Å². The molecule has 5 heteroatoms. The average Bonchev–Trinajstić information content (AvgIpc) is 2.59. The van der Waals surface area contributed by atoms with Crippen LogP contribution in [0.5, 0.6) is 5.75 Å². The van der Waals surface area contributed by atoms with Gasteiger partial charge in [0.2, 0.25) is 5.91 Å². The first kappa shape index (κ1) is 19.5. The van der Waals surface area contributed by atoms with Crippen LogP contribution in [0.25, 0.3) is 0 Å². The SMILES string of the molecule is Cc1ccc(C(=O)NC(C(=O)NCCc2cccc(O)c2)C(C)C)cc1. The van der Waals surface area contributed by atoms with E-state index in [9.17, 15) is 14.7 Å². The molecule has 1 unspecified atom stereocenters. The first-order valence-corrected chi connectivity index (χ1v) is 8.80. The van der Waals surface area contributed by atoms with Gasteiger partial charge in [-0.15, -0.1) is 0 Å². The minimum absolute atomic E-state index is 0.0369. The van der Waals surface area contributed by atoms with Crippen molar-refractivity contribution in [2.75, 3.05) is 6.54 Å². The quantitative estimate of drug-likeness (QED) is 0.715. The van der Waals surface area contributed by atoms with Crippen LogP contribution >= 0.6 is 0 Å². The van der Waals surface area contributed by atoms with Gasteiger partial charge in [-0.1, -0.05) is 43.7 Å². The van der Waals surface area contributed by atoms with Gasteiger partial charge in [0.15, 0.2) is 0 Å². The summed E-state index contributed by atoms with van der Waals surface area (Å²) in [7, 11) is 0. The number of nitrogens with one attached hydrogen (secondary N) is 2. The van der Waals surface area contributed by atoms with Crippen molar-refractivity contribution in [3.8, 4) is 5.75 Å². The highest BCUT2D eigenvalue weighted by Gasteiger charge is 2.24. The summed E-state index contributed by atoms with van der Waals surface area (Å²) in [6.45, 7) is 6.19. The van der Waals surface area contributed by atoms with Gasteiger partial charge in [0.25, 0.3) is 5.91 Å². The van der Waals surface area contributed by atoms with Gasteiger partial charge >= 0.3 is 0 Å². The van der Waals surface area contributed by atoms with Gasteiger partial charge in [-0.25, -0.2) is 0 Å². The maximum absolute atomic E-state index is 12.5. The van der Waals surface area contributed by atoms with Crippen molar-refractivity contribution in [1.29, 1.82) is 0 Å². The molecule has 138 valence electrons. The second-order valence-electron chi connectivity index (χ2n) is 6.77. The van der Waals surface area contributed by atoms with E-state index in [-0.39, 0.29) is 23.5 Å². The van der Waals surface area contributed by atoms with E-state index in [0.717, 1.165) is 11.1 Å². The van der Waals surface area contributed by atoms with E-state index in [4.69, 9.17) is 0 Å². The Morgan fingerprint density at radius 1 is 1.08 bits per heavy atom. The Morgan fingerprint density at radius 2 is 1.77 bits per heavy atom. The lowest BCUT2D eigenvalue weighted by molar-refractivity contribution is -0.123. The second-order valence-corrected chi connectivity index (χ2v) is 6.77. The molecule has 2 aromatic carbocycles. The number of carbonyl (C=O) groups is 2. The van der Waals surface area contributed by atoms with Gasteiger partial charge in [-0.05, 0) is 49.1 Å². The minimum Gasteiger partial charge on any atom is -0.508 e. The molecule has 3 N–H and O–H groups in total. The molecule has 0 aliphatic rings. The Labute approximate surface area is 154 Å². The maximum atomic E-state index is 12.5. The highest BCUT2D eigenvalue weighted by Crippen LogP contribution is 2.11. The van der Waals surface area contributed by atoms with Crippen LogP contribution in [0.4, 0.5) is 0 Å². The number of carbonyl (C=O) groups excluding carboxylic acids is 2. The fourth-order valence-corrected chi connectivity index (χ4v) is 2.62. The summed E-state index contributed by atoms with van der Waals surface area (Å²) >= 11 is 0. The highest BCUT2D eigenvalue weighted by atomic mass is 16.3. The third-order valence-corrected chi connectivity index (χ3v) is 4.17. The molecule has 2 rings (SSSR count). The number of phenolic OH excluding ortho intramolecular Hbond substituents is 1. The van der Waals surface area contributed by atoms with E-state index in [0.29, 0.717) is 18.5 Å². The molecule has 0 aromatic heterocycles. The summed E-state index contributed by atoms with van der Waals surface area (Å²) in [4.78, 5) is 24.9. The molecule has 0 saturated heterocycles.